The van der Waals surface area contributed by atoms with Gasteiger partial charge in [0.05, 0.1) is 6.54 Å². The van der Waals surface area contributed by atoms with Crippen LogP contribution in [0, 0.1) is 0 Å². The molecule has 1 aromatic carbocycles. The van der Waals surface area contributed by atoms with E-state index in [4.69, 9.17) is 0 Å². The molecule has 1 fully saturated rings. The van der Waals surface area contributed by atoms with Crippen LogP contribution in [-0.2, 0) is 4.79 Å². The predicted octanol–water partition coefficient (Wildman–Crippen LogP) is 3.73. The van der Waals surface area contributed by atoms with Crippen molar-refractivity contribution >= 4 is 17.5 Å². The normalized spacial score (nSPS) is 17.0. The van der Waals surface area contributed by atoms with Gasteiger partial charge in [0, 0.05) is 30.8 Å². The second-order valence-corrected chi connectivity index (χ2v) is 8.31. The van der Waals surface area contributed by atoms with Crippen LogP contribution in [0.15, 0.2) is 35.7 Å². The zero-order chi connectivity index (χ0) is 22.4. The van der Waals surface area contributed by atoms with E-state index < -0.39 is 0 Å². The Hall–Kier alpha value is -2.47. The number of likely N-dealkylation sites (tertiary alicyclic amines) is 1. The SMILES string of the molecule is CCCCN(C(=O)CN1CCCCC1)C1=C(N(CC)CC)C(=O)c2ccccc2C1=O. The average Bonchev–Trinajstić information content (AvgIpc) is 2.80. The van der Waals surface area contributed by atoms with Gasteiger partial charge in [-0.3, -0.25) is 19.3 Å². The summed E-state index contributed by atoms with van der Waals surface area (Å²) in [5, 5.41) is 0. The van der Waals surface area contributed by atoms with Crippen LogP contribution < -0.4 is 0 Å². The molecule has 6 nitrogen and oxygen atoms in total. The van der Waals surface area contributed by atoms with E-state index in [1.807, 2.05) is 18.7 Å². The summed E-state index contributed by atoms with van der Waals surface area (Å²) < 4.78 is 0. The summed E-state index contributed by atoms with van der Waals surface area (Å²) in [4.78, 5) is 46.4. The molecule has 0 bridgehead atoms. The van der Waals surface area contributed by atoms with Gasteiger partial charge < -0.3 is 9.80 Å². The van der Waals surface area contributed by atoms with Crippen LogP contribution in [0.25, 0.3) is 0 Å². The maximum Gasteiger partial charge on any atom is 0.241 e. The van der Waals surface area contributed by atoms with E-state index in [1.165, 1.54) is 6.42 Å². The van der Waals surface area contributed by atoms with Crippen LogP contribution in [-0.4, -0.2) is 71.4 Å². The average molecular weight is 426 g/mol. The number of carbonyl (C=O) groups excluding carboxylic acids is 3. The number of amides is 1. The molecule has 168 valence electrons. The molecule has 1 aliphatic heterocycles. The molecule has 0 atom stereocenters. The Kier molecular flexibility index (Phi) is 8.02. The van der Waals surface area contributed by atoms with Gasteiger partial charge in [-0.25, -0.2) is 0 Å². The molecule has 0 spiro atoms. The Morgan fingerprint density at radius 3 is 2.03 bits per heavy atom. The first kappa shape index (κ1) is 23.2. The van der Waals surface area contributed by atoms with Crippen LogP contribution in [0.2, 0.25) is 0 Å². The zero-order valence-corrected chi connectivity index (χ0v) is 19.2. The number of hydrogen-bond donors (Lipinski definition) is 0. The van der Waals surface area contributed by atoms with Crippen molar-refractivity contribution in [2.75, 3.05) is 39.3 Å². The van der Waals surface area contributed by atoms with Gasteiger partial charge in [0.2, 0.25) is 17.5 Å². The molecule has 0 unspecified atom stereocenters. The van der Waals surface area contributed by atoms with E-state index in [9.17, 15) is 14.4 Å². The van der Waals surface area contributed by atoms with Crippen molar-refractivity contribution < 1.29 is 14.4 Å². The quantitative estimate of drug-likeness (QED) is 0.603. The van der Waals surface area contributed by atoms with Gasteiger partial charge in [0.25, 0.3) is 0 Å². The Bertz CT molecular complexity index is 851. The van der Waals surface area contributed by atoms with Gasteiger partial charge in [-0.05, 0) is 46.2 Å². The predicted molar refractivity (Wildman–Crippen MR) is 122 cm³/mol. The van der Waals surface area contributed by atoms with E-state index in [0.717, 1.165) is 38.8 Å². The summed E-state index contributed by atoms with van der Waals surface area (Å²) in [7, 11) is 0. The molecule has 1 amide bonds. The number of unbranched alkanes of at least 4 members (excludes halogenated alkanes) is 1. The van der Waals surface area contributed by atoms with E-state index in [-0.39, 0.29) is 23.2 Å². The molecule has 2 aliphatic rings. The van der Waals surface area contributed by atoms with Crippen molar-refractivity contribution in [3.8, 4) is 0 Å². The lowest BCUT2D eigenvalue weighted by Crippen LogP contribution is -2.47. The molecule has 1 saturated heterocycles. The van der Waals surface area contributed by atoms with E-state index >= 15 is 0 Å². The monoisotopic (exact) mass is 425 g/mol. The minimum atomic E-state index is -0.222. The first-order valence-corrected chi connectivity index (χ1v) is 11.7. The van der Waals surface area contributed by atoms with Gasteiger partial charge >= 0.3 is 0 Å². The summed E-state index contributed by atoms with van der Waals surface area (Å²) in [6.07, 6.45) is 5.08. The lowest BCUT2D eigenvalue weighted by molar-refractivity contribution is -0.130. The molecule has 1 heterocycles. The van der Waals surface area contributed by atoms with E-state index in [2.05, 4.69) is 11.8 Å². The summed E-state index contributed by atoms with van der Waals surface area (Å²) in [6.45, 7) is 9.76. The summed E-state index contributed by atoms with van der Waals surface area (Å²) in [6, 6.07) is 6.96. The Labute approximate surface area is 185 Å². The summed E-state index contributed by atoms with van der Waals surface area (Å²) >= 11 is 0. The van der Waals surface area contributed by atoms with E-state index in [0.29, 0.717) is 43.0 Å². The lowest BCUT2D eigenvalue weighted by atomic mass is 9.88. The Morgan fingerprint density at radius 1 is 0.903 bits per heavy atom. The zero-order valence-electron chi connectivity index (χ0n) is 19.2. The van der Waals surface area contributed by atoms with Crippen LogP contribution >= 0.6 is 0 Å². The molecule has 0 aromatic heterocycles. The molecule has 6 heteroatoms. The van der Waals surface area contributed by atoms with E-state index in [1.54, 1.807) is 29.2 Å². The number of likely N-dealkylation sites (N-methyl/N-ethyl adjacent to an activating group) is 1. The molecular formula is C25H35N3O3. The number of hydrogen-bond acceptors (Lipinski definition) is 5. The third-order valence-electron chi connectivity index (χ3n) is 6.26. The van der Waals surface area contributed by atoms with Gasteiger partial charge in [-0.1, -0.05) is 44.0 Å². The van der Waals surface area contributed by atoms with Gasteiger partial charge in [0.15, 0.2) is 0 Å². The first-order valence-electron chi connectivity index (χ1n) is 11.7. The van der Waals surface area contributed by atoms with Crippen molar-refractivity contribution in [1.82, 2.24) is 14.7 Å². The second kappa shape index (κ2) is 10.7. The molecule has 1 aliphatic carbocycles. The number of benzene rings is 1. The number of rotatable bonds is 9. The molecule has 3 rings (SSSR count). The van der Waals surface area contributed by atoms with Crippen LogP contribution in [0.1, 0.15) is 73.6 Å². The molecular weight excluding hydrogens is 390 g/mol. The maximum atomic E-state index is 13.7. The third kappa shape index (κ3) is 4.90. The first-order chi connectivity index (χ1) is 15.0. The highest BCUT2D eigenvalue weighted by Crippen LogP contribution is 2.31. The number of nitrogens with zero attached hydrogens (tertiary/aromatic N) is 3. The van der Waals surface area contributed by atoms with Crippen LogP contribution in [0.3, 0.4) is 0 Å². The van der Waals surface area contributed by atoms with Gasteiger partial charge in [-0.15, -0.1) is 0 Å². The molecule has 31 heavy (non-hydrogen) atoms. The van der Waals surface area contributed by atoms with Crippen LogP contribution in [0.4, 0.5) is 0 Å². The molecule has 0 saturated carbocycles. The Balaban J connectivity index is 2.07. The maximum absolute atomic E-state index is 13.7. The van der Waals surface area contributed by atoms with Crippen molar-refractivity contribution in [3.63, 3.8) is 0 Å². The minimum absolute atomic E-state index is 0.0875. The minimum Gasteiger partial charge on any atom is -0.367 e. The van der Waals surface area contributed by atoms with Gasteiger partial charge in [-0.2, -0.15) is 0 Å². The standard InChI is InChI=1S/C25H35N3O3/c1-4-7-17-28(21(29)18-26-15-11-8-12-16-26)23-22(27(5-2)6-3)24(30)19-13-9-10-14-20(19)25(23)31/h9-10,13-14H,4-8,11-12,15-18H2,1-3H3. The number of fused-ring (bicyclic) bond motifs is 1. The van der Waals surface area contributed by atoms with Crippen LogP contribution in [0.5, 0.6) is 0 Å². The fraction of sp³-hybridized carbons (Fsp3) is 0.560. The number of ketones is 2. The van der Waals surface area contributed by atoms with Crippen molar-refractivity contribution in [2.45, 2.75) is 52.9 Å². The smallest absolute Gasteiger partial charge is 0.241 e. The number of carbonyl (C=O) groups is 3. The highest BCUT2D eigenvalue weighted by atomic mass is 16.2. The van der Waals surface area contributed by atoms with Crippen molar-refractivity contribution in [3.05, 3.63) is 46.8 Å². The number of allylic oxidation sites excluding steroid dienone is 2. The van der Waals surface area contributed by atoms with Crippen molar-refractivity contribution in [2.24, 2.45) is 0 Å². The summed E-state index contributed by atoms with van der Waals surface area (Å²) in [5.74, 6) is -0.475. The molecule has 0 N–H and O–H groups in total. The number of piperidine rings is 1. The number of Topliss-reactive ketones (excluding diaryl/α,β-unsaturated/α-hetero) is 2. The topological polar surface area (TPSA) is 60.9 Å². The third-order valence-corrected chi connectivity index (χ3v) is 6.26. The largest absolute Gasteiger partial charge is 0.367 e. The molecule has 1 aromatic rings. The van der Waals surface area contributed by atoms with Crippen molar-refractivity contribution in [1.29, 1.82) is 0 Å². The summed E-state index contributed by atoms with van der Waals surface area (Å²) in [5.41, 5.74) is 1.46. The second-order valence-electron chi connectivity index (χ2n) is 8.31. The highest BCUT2D eigenvalue weighted by Gasteiger charge is 2.39. The fourth-order valence-corrected chi connectivity index (χ4v) is 4.50. The lowest BCUT2D eigenvalue weighted by Gasteiger charge is -2.36. The molecule has 0 radical (unpaired) electrons. The fourth-order valence-electron chi connectivity index (χ4n) is 4.50. The van der Waals surface area contributed by atoms with Gasteiger partial charge in [0.1, 0.15) is 11.4 Å². The Morgan fingerprint density at radius 2 is 1.48 bits per heavy atom. The highest BCUT2D eigenvalue weighted by molar-refractivity contribution is 6.27.